The van der Waals surface area contributed by atoms with Crippen molar-refractivity contribution in [1.82, 2.24) is 4.90 Å². The Balaban J connectivity index is 1.72. The number of fused-ring (bicyclic) bond motifs is 1. The molecule has 29 heavy (non-hydrogen) atoms. The number of furan rings is 2. The molecule has 0 radical (unpaired) electrons. The summed E-state index contributed by atoms with van der Waals surface area (Å²) >= 11 is 0. The van der Waals surface area contributed by atoms with E-state index in [0.29, 0.717) is 18.8 Å². The molecule has 0 spiro atoms. The normalized spacial score (nSPS) is 11.2. The lowest BCUT2D eigenvalue weighted by atomic mass is 10.0. The smallest absolute Gasteiger partial charge is 0.290 e. The van der Waals surface area contributed by atoms with Gasteiger partial charge >= 0.3 is 0 Å². The fourth-order valence-electron chi connectivity index (χ4n) is 3.84. The molecule has 0 atom stereocenters. The minimum absolute atomic E-state index is 0.132. The maximum atomic E-state index is 13.5. The Bertz CT molecular complexity index is 1150. The first-order valence-corrected chi connectivity index (χ1v) is 9.80. The molecule has 0 saturated heterocycles. The average Bonchev–Trinajstić information content (AvgIpc) is 3.30. The molecule has 2 aromatic carbocycles. The fourth-order valence-corrected chi connectivity index (χ4v) is 3.84. The van der Waals surface area contributed by atoms with Crippen LogP contribution < -0.4 is 0 Å². The van der Waals surface area contributed by atoms with Gasteiger partial charge in [-0.1, -0.05) is 35.9 Å². The van der Waals surface area contributed by atoms with E-state index in [0.717, 1.165) is 39.0 Å². The van der Waals surface area contributed by atoms with E-state index in [1.807, 2.05) is 32.0 Å². The van der Waals surface area contributed by atoms with Crippen molar-refractivity contribution in [3.8, 4) is 0 Å². The molecule has 4 aromatic rings. The number of amides is 1. The average molecular weight is 387 g/mol. The Morgan fingerprint density at radius 3 is 2.38 bits per heavy atom. The highest BCUT2D eigenvalue weighted by molar-refractivity contribution is 6.00. The molecule has 1 amide bonds. The first-order chi connectivity index (χ1) is 13.9. The predicted octanol–water partition coefficient (Wildman–Crippen LogP) is 6.10. The molecule has 0 bridgehead atoms. The first-order valence-electron chi connectivity index (χ1n) is 9.80. The third kappa shape index (κ3) is 3.83. The summed E-state index contributed by atoms with van der Waals surface area (Å²) in [6, 6.07) is 16.0. The molecule has 4 heteroatoms. The molecular weight excluding hydrogens is 362 g/mol. The maximum Gasteiger partial charge on any atom is 0.290 e. The van der Waals surface area contributed by atoms with Crippen molar-refractivity contribution in [3.63, 3.8) is 0 Å². The Morgan fingerprint density at radius 2 is 1.69 bits per heavy atom. The van der Waals surface area contributed by atoms with Crippen LogP contribution in [0.4, 0.5) is 0 Å². The van der Waals surface area contributed by atoms with Gasteiger partial charge in [-0.05, 0) is 62.6 Å². The van der Waals surface area contributed by atoms with E-state index in [-0.39, 0.29) is 5.91 Å². The van der Waals surface area contributed by atoms with Gasteiger partial charge in [-0.25, -0.2) is 0 Å². The van der Waals surface area contributed by atoms with Crippen LogP contribution in [-0.4, -0.2) is 10.8 Å². The lowest BCUT2D eigenvalue weighted by Gasteiger charge is -2.21. The molecule has 0 fully saturated rings. The number of rotatable bonds is 5. The van der Waals surface area contributed by atoms with Crippen molar-refractivity contribution in [1.29, 1.82) is 0 Å². The molecule has 0 aliphatic rings. The number of carbonyl (C=O) groups excluding carboxylic acids is 1. The Labute approximate surface area is 170 Å². The van der Waals surface area contributed by atoms with E-state index in [9.17, 15) is 4.79 Å². The van der Waals surface area contributed by atoms with Gasteiger partial charge in [-0.3, -0.25) is 4.79 Å². The highest BCUT2D eigenvalue weighted by Crippen LogP contribution is 2.30. The van der Waals surface area contributed by atoms with Gasteiger partial charge in [0.15, 0.2) is 5.76 Å². The van der Waals surface area contributed by atoms with Crippen LogP contribution in [0.2, 0.25) is 0 Å². The zero-order valence-electron chi connectivity index (χ0n) is 17.3. The molecule has 4 rings (SSSR count). The van der Waals surface area contributed by atoms with E-state index in [2.05, 4.69) is 44.2 Å². The summed E-state index contributed by atoms with van der Waals surface area (Å²) < 4.78 is 11.6. The van der Waals surface area contributed by atoms with Crippen LogP contribution in [0.5, 0.6) is 0 Å². The van der Waals surface area contributed by atoms with Gasteiger partial charge in [0.1, 0.15) is 11.3 Å². The van der Waals surface area contributed by atoms with Crippen LogP contribution in [-0.2, 0) is 13.1 Å². The van der Waals surface area contributed by atoms with Crippen molar-refractivity contribution in [2.45, 2.75) is 40.8 Å². The van der Waals surface area contributed by atoms with Gasteiger partial charge in [0.05, 0.1) is 12.8 Å². The molecule has 2 heterocycles. The summed E-state index contributed by atoms with van der Waals surface area (Å²) in [5, 5.41) is 1.02. The van der Waals surface area contributed by atoms with Gasteiger partial charge in [0, 0.05) is 17.5 Å². The molecule has 148 valence electrons. The standard InChI is InChI=1S/C25H25NO3/c1-16-7-9-20(10-8-16)14-26(15-21-6-5-11-28-21)25(27)24-19(4)23-18(3)12-17(2)13-22(23)29-24/h5-13H,14-15H2,1-4H3. The molecule has 0 aliphatic carbocycles. The summed E-state index contributed by atoms with van der Waals surface area (Å²) in [6.07, 6.45) is 1.63. The van der Waals surface area contributed by atoms with E-state index < -0.39 is 0 Å². The predicted molar refractivity (Wildman–Crippen MR) is 114 cm³/mol. The van der Waals surface area contributed by atoms with Crippen LogP contribution in [0.25, 0.3) is 11.0 Å². The highest BCUT2D eigenvalue weighted by Gasteiger charge is 2.25. The van der Waals surface area contributed by atoms with E-state index in [1.54, 1.807) is 11.2 Å². The molecule has 0 unspecified atom stereocenters. The largest absolute Gasteiger partial charge is 0.467 e. The maximum absolute atomic E-state index is 13.5. The number of benzene rings is 2. The molecule has 0 aliphatic heterocycles. The minimum atomic E-state index is -0.132. The van der Waals surface area contributed by atoms with E-state index in [4.69, 9.17) is 8.83 Å². The zero-order chi connectivity index (χ0) is 20.5. The van der Waals surface area contributed by atoms with Gasteiger partial charge in [0.25, 0.3) is 5.91 Å². The summed E-state index contributed by atoms with van der Waals surface area (Å²) in [5.74, 6) is 1.01. The highest BCUT2D eigenvalue weighted by atomic mass is 16.3. The summed E-state index contributed by atoms with van der Waals surface area (Å²) in [4.78, 5) is 15.3. The van der Waals surface area contributed by atoms with Crippen LogP contribution in [0, 0.1) is 27.7 Å². The van der Waals surface area contributed by atoms with Crippen LogP contribution in [0.1, 0.15) is 44.1 Å². The Hall–Kier alpha value is -3.27. The van der Waals surface area contributed by atoms with Crippen molar-refractivity contribution >= 4 is 16.9 Å². The number of hydrogen-bond donors (Lipinski definition) is 0. The Morgan fingerprint density at radius 1 is 0.931 bits per heavy atom. The van der Waals surface area contributed by atoms with Crippen LogP contribution in [0.15, 0.2) is 63.6 Å². The lowest BCUT2D eigenvalue weighted by Crippen LogP contribution is -2.30. The summed E-state index contributed by atoms with van der Waals surface area (Å²) in [5.41, 5.74) is 6.15. The SMILES string of the molecule is Cc1ccc(CN(Cc2ccco2)C(=O)c2oc3cc(C)cc(C)c3c2C)cc1. The Kier molecular flexibility index (Phi) is 5.01. The number of aryl methyl sites for hydroxylation is 4. The van der Waals surface area contributed by atoms with Crippen molar-refractivity contribution < 1.29 is 13.6 Å². The number of nitrogens with zero attached hydrogens (tertiary/aromatic N) is 1. The quantitative estimate of drug-likeness (QED) is 0.415. The topological polar surface area (TPSA) is 46.6 Å². The van der Waals surface area contributed by atoms with Gasteiger partial charge in [-0.15, -0.1) is 0 Å². The van der Waals surface area contributed by atoms with Gasteiger partial charge < -0.3 is 13.7 Å². The lowest BCUT2D eigenvalue weighted by molar-refractivity contribution is 0.0686. The fraction of sp³-hybridized carbons (Fsp3) is 0.240. The summed E-state index contributed by atoms with van der Waals surface area (Å²) in [6.45, 7) is 8.96. The second kappa shape index (κ2) is 7.63. The first kappa shape index (κ1) is 19.1. The zero-order valence-corrected chi connectivity index (χ0v) is 17.3. The molecule has 0 saturated carbocycles. The third-order valence-corrected chi connectivity index (χ3v) is 5.27. The van der Waals surface area contributed by atoms with E-state index in [1.165, 1.54) is 5.56 Å². The number of carbonyl (C=O) groups is 1. The molecule has 0 N–H and O–H groups in total. The molecule has 2 aromatic heterocycles. The summed E-state index contributed by atoms with van der Waals surface area (Å²) in [7, 11) is 0. The van der Waals surface area contributed by atoms with Gasteiger partial charge in [-0.2, -0.15) is 0 Å². The van der Waals surface area contributed by atoms with Crippen LogP contribution >= 0.6 is 0 Å². The van der Waals surface area contributed by atoms with Crippen LogP contribution in [0.3, 0.4) is 0 Å². The molecule has 4 nitrogen and oxygen atoms in total. The second-order valence-electron chi connectivity index (χ2n) is 7.74. The third-order valence-electron chi connectivity index (χ3n) is 5.27. The molecular formula is C25H25NO3. The van der Waals surface area contributed by atoms with Crippen molar-refractivity contribution in [2.24, 2.45) is 0 Å². The second-order valence-corrected chi connectivity index (χ2v) is 7.74. The number of hydrogen-bond acceptors (Lipinski definition) is 3. The monoisotopic (exact) mass is 387 g/mol. The minimum Gasteiger partial charge on any atom is -0.467 e. The van der Waals surface area contributed by atoms with Crippen molar-refractivity contribution in [3.05, 3.63) is 94.1 Å². The van der Waals surface area contributed by atoms with E-state index >= 15 is 0 Å². The van der Waals surface area contributed by atoms with Gasteiger partial charge in [0.2, 0.25) is 0 Å². The van der Waals surface area contributed by atoms with Crippen molar-refractivity contribution in [2.75, 3.05) is 0 Å².